The van der Waals surface area contributed by atoms with Crippen molar-refractivity contribution in [2.24, 2.45) is 5.92 Å². The number of ether oxygens (including phenoxy) is 1. The molecule has 0 saturated carbocycles. The highest BCUT2D eigenvalue weighted by atomic mass is 16.5. The Balaban J connectivity index is 1.71. The number of H-pyrrole nitrogens is 1. The molecule has 4 heteroatoms. The quantitative estimate of drug-likeness (QED) is 0.866. The largest absolute Gasteiger partial charge is 0.381 e. The number of hydrogen-bond acceptors (Lipinski definition) is 2. The van der Waals surface area contributed by atoms with Gasteiger partial charge in [-0.2, -0.15) is 0 Å². The first kappa shape index (κ1) is 11.3. The van der Waals surface area contributed by atoms with Crippen molar-refractivity contribution >= 4 is 16.8 Å². The summed E-state index contributed by atoms with van der Waals surface area (Å²) in [6.07, 6.45) is 2.80. The minimum absolute atomic E-state index is 0.0145. The standard InChI is InChI=1S/C14H16N2O2/c17-14(16-7-10-5-6-18-9-10)12-8-15-13-4-2-1-3-11(12)13/h1-4,8,10,15H,5-7,9H2,(H,16,17). The summed E-state index contributed by atoms with van der Waals surface area (Å²) in [6, 6.07) is 7.82. The lowest BCUT2D eigenvalue weighted by molar-refractivity contribution is 0.0946. The number of hydrogen-bond donors (Lipinski definition) is 2. The number of amides is 1. The second kappa shape index (κ2) is 4.82. The van der Waals surface area contributed by atoms with E-state index >= 15 is 0 Å². The van der Waals surface area contributed by atoms with Crippen molar-refractivity contribution < 1.29 is 9.53 Å². The van der Waals surface area contributed by atoms with Gasteiger partial charge in [-0.1, -0.05) is 18.2 Å². The van der Waals surface area contributed by atoms with Crippen LogP contribution < -0.4 is 5.32 Å². The van der Waals surface area contributed by atoms with Crippen LogP contribution in [0.3, 0.4) is 0 Å². The molecule has 0 bridgehead atoms. The maximum atomic E-state index is 12.1. The fourth-order valence-corrected chi connectivity index (χ4v) is 2.34. The Hall–Kier alpha value is -1.81. The molecule has 2 heterocycles. The summed E-state index contributed by atoms with van der Waals surface area (Å²) >= 11 is 0. The molecular formula is C14H16N2O2. The predicted molar refractivity (Wildman–Crippen MR) is 69.6 cm³/mol. The van der Waals surface area contributed by atoms with Crippen LogP contribution in [0.1, 0.15) is 16.8 Å². The van der Waals surface area contributed by atoms with Gasteiger partial charge in [-0.15, -0.1) is 0 Å². The number of aromatic nitrogens is 1. The fourth-order valence-electron chi connectivity index (χ4n) is 2.34. The second-order valence-electron chi connectivity index (χ2n) is 4.69. The van der Waals surface area contributed by atoms with E-state index in [2.05, 4.69) is 10.3 Å². The van der Waals surface area contributed by atoms with Crippen molar-refractivity contribution in [1.29, 1.82) is 0 Å². The van der Waals surface area contributed by atoms with E-state index in [0.29, 0.717) is 18.0 Å². The van der Waals surface area contributed by atoms with Crippen LogP contribution in [0.4, 0.5) is 0 Å². The lowest BCUT2D eigenvalue weighted by Gasteiger charge is -2.08. The first-order valence-electron chi connectivity index (χ1n) is 6.26. The number of aromatic amines is 1. The third-order valence-corrected chi connectivity index (χ3v) is 3.41. The molecule has 2 aromatic rings. The van der Waals surface area contributed by atoms with Crippen molar-refractivity contribution in [3.63, 3.8) is 0 Å². The number of rotatable bonds is 3. The van der Waals surface area contributed by atoms with Crippen LogP contribution in [0.15, 0.2) is 30.5 Å². The first-order valence-corrected chi connectivity index (χ1v) is 6.26. The van der Waals surface area contributed by atoms with Crippen LogP contribution in [0, 0.1) is 5.92 Å². The molecule has 18 heavy (non-hydrogen) atoms. The summed E-state index contributed by atoms with van der Waals surface area (Å²) in [4.78, 5) is 15.2. The molecule has 1 aromatic carbocycles. The van der Waals surface area contributed by atoms with E-state index < -0.39 is 0 Å². The van der Waals surface area contributed by atoms with Crippen LogP contribution in [-0.2, 0) is 4.74 Å². The SMILES string of the molecule is O=C(NCC1CCOC1)c1c[nH]c2ccccc12. The van der Waals surface area contributed by atoms with E-state index in [-0.39, 0.29) is 5.91 Å². The highest BCUT2D eigenvalue weighted by Crippen LogP contribution is 2.18. The van der Waals surface area contributed by atoms with Gasteiger partial charge in [-0.25, -0.2) is 0 Å². The number of para-hydroxylation sites is 1. The lowest BCUT2D eigenvalue weighted by Crippen LogP contribution is -2.29. The molecule has 1 unspecified atom stereocenters. The molecule has 0 radical (unpaired) electrons. The number of nitrogens with one attached hydrogen (secondary N) is 2. The minimum Gasteiger partial charge on any atom is -0.381 e. The molecule has 1 amide bonds. The number of benzene rings is 1. The van der Waals surface area contributed by atoms with Gasteiger partial charge in [-0.3, -0.25) is 4.79 Å². The molecular weight excluding hydrogens is 228 g/mol. The number of carbonyl (C=O) groups is 1. The topological polar surface area (TPSA) is 54.1 Å². The third kappa shape index (κ3) is 2.11. The first-order chi connectivity index (χ1) is 8.84. The van der Waals surface area contributed by atoms with Gasteiger partial charge in [0.05, 0.1) is 12.2 Å². The molecule has 1 aromatic heterocycles. The highest BCUT2D eigenvalue weighted by Gasteiger charge is 2.17. The monoisotopic (exact) mass is 244 g/mol. The van der Waals surface area contributed by atoms with Crippen LogP contribution in [0.2, 0.25) is 0 Å². The zero-order chi connectivity index (χ0) is 12.4. The molecule has 4 nitrogen and oxygen atoms in total. The van der Waals surface area contributed by atoms with E-state index in [4.69, 9.17) is 4.74 Å². The molecule has 2 N–H and O–H groups in total. The van der Waals surface area contributed by atoms with Gasteiger partial charge in [0.1, 0.15) is 0 Å². The fraction of sp³-hybridized carbons (Fsp3) is 0.357. The summed E-state index contributed by atoms with van der Waals surface area (Å²) in [7, 11) is 0. The highest BCUT2D eigenvalue weighted by molar-refractivity contribution is 6.06. The Kier molecular flexibility index (Phi) is 3.02. The third-order valence-electron chi connectivity index (χ3n) is 3.41. The molecule has 94 valence electrons. The van der Waals surface area contributed by atoms with Crippen molar-refractivity contribution in [3.05, 3.63) is 36.0 Å². The average molecular weight is 244 g/mol. The van der Waals surface area contributed by atoms with Crippen molar-refractivity contribution in [3.8, 4) is 0 Å². The summed E-state index contributed by atoms with van der Waals surface area (Å²) < 4.78 is 5.29. The van der Waals surface area contributed by atoms with E-state index in [0.717, 1.165) is 30.5 Å². The molecule has 3 rings (SSSR count). The van der Waals surface area contributed by atoms with Gasteiger partial charge in [0.2, 0.25) is 0 Å². The Morgan fingerprint density at radius 1 is 1.44 bits per heavy atom. The molecule has 1 aliphatic heterocycles. The Morgan fingerprint density at radius 3 is 3.17 bits per heavy atom. The van der Waals surface area contributed by atoms with Crippen molar-refractivity contribution in [1.82, 2.24) is 10.3 Å². The van der Waals surface area contributed by atoms with E-state index in [9.17, 15) is 4.79 Å². The molecule has 1 fully saturated rings. The summed E-state index contributed by atoms with van der Waals surface area (Å²) in [5, 5.41) is 3.95. The zero-order valence-electron chi connectivity index (χ0n) is 10.1. The van der Waals surface area contributed by atoms with E-state index in [1.807, 2.05) is 24.3 Å². The smallest absolute Gasteiger partial charge is 0.253 e. The lowest BCUT2D eigenvalue weighted by atomic mass is 10.1. The van der Waals surface area contributed by atoms with Crippen LogP contribution >= 0.6 is 0 Å². The van der Waals surface area contributed by atoms with E-state index in [1.165, 1.54) is 0 Å². The van der Waals surface area contributed by atoms with Crippen LogP contribution in [0.25, 0.3) is 10.9 Å². The van der Waals surface area contributed by atoms with Crippen LogP contribution in [-0.4, -0.2) is 30.6 Å². The molecule has 1 saturated heterocycles. The van der Waals surface area contributed by atoms with E-state index in [1.54, 1.807) is 6.20 Å². The predicted octanol–water partition coefficient (Wildman–Crippen LogP) is 1.93. The van der Waals surface area contributed by atoms with Crippen LogP contribution in [0.5, 0.6) is 0 Å². The maximum absolute atomic E-state index is 12.1. The molecule has 0 aliphatic carbocycles. The van der Waals surface area contributed by atoms with Gasteiger partial charge >= 0.3 is 0 Å². The second-order valence-corrected chi connectivity index (χ2v) is 4.69. The van der Waals surface area contributed by atoms with Crippen molar-refractivity contribution in [2.75, 3.05) is 19.8 Å². The van der Waals surface area contributed by atoms with Gasteiger partial charge in [-0.05, 0) is 12.5 Å². The Bertz CT molecular complexity index is 556. The van der Waals surface area contributed by atoms with Gasteiger partial charge in [0.25, 0.3) is 5.91 Å². The number of fused-ring (bicyclic) bond motifs is 1. The average Bonchev–Trinajstić information content (AvgIpc) is 3.05. The van der Waals surface area contributed by atoms with Gasteiger partial charge in [0, 0.05) is 36.2 Å². The summed E-state index contributed by atoms with van der Waals surface area (Å²) in [6.45, 7) is 2.26. The Morgan fingerprint density at radius 2 is 2.33 bits per heavy atom. The summed E-state index contributed by atoms with van der Waals surface area (Å²) in [5.74, 6) is 0.443. The molecule has 1 atom stereocenters. The molecule has 1 aliphatic rings. The van der Waals surface area contributed by atoms with Gasteiger partial charge in [0.15, 0.2) is 0 Å². The summed E-state index contributed by atoms with van der Waals surface area (Å²) in [5.41, 5.74) is 1.70. The molecule has 0 spiro atoms. The zero-order valence-corrected chi connectivity index (χ0v) is 10.1. The Labute approximate surface area is 105 Å². The van der Waals surface area contributed by atoms with Gasteiger partial charge < -0.3 is 15.0 Å². The van der Waals surface area contributed by atoms with Crippen molar-refractivity contribution in [2.45, 2.75) is 6.42 Å². The maximum Gasteiger partial charge on any atom is 0.253 e. The number of carbonyl (C=O) groups excluding carboxylic acids is 1. The normalized spacial score (nSPS) is 19.2. The minimum atomic E-state index is -0.0145.